The molecule has 0 aliphatic carbocycles. The fraction of sp³-hybridized carbons (Fsp3) is 0.632. The first-order valence-corrected chi connectivity index (χ1v) is 9.02. The van der Waals surface area contributed by atoms with Gasteiger partial charge in [0.25, 0.3) is 5.91 Å². The molecule has 1 amide bonds. The molecule has 2 aliphatic heterocycles. The number of hydrogen-bond donors (Lipinski definition) is 2. The van der Waals surface area contributed by atoms with E-state index in [0.717, 1.165) is 43.0 Å². The van der Waals surface area contributed by atoms with E-state index < -0.39 is 0 Å². The van der Waals surface area contributed by atoms with Crippen LogP contribution in [0.5, 0.6) is 0 Å². The van der Waals surface area contributed by atoms with Crippen molar-refractivity contribution in [3.8, 4) is 0 Å². The fourth-order valence-corrected chi connectivity index (χ4v) is 3.78. The van der Waals surface area contributed by atoms with Crippen LogP contribution in [0.4, 0.5) is 0 Å². The summed E-state index contributed by atoms with van der Waals surface area (Å²) >= 11 is 0. The lowest BCUT2D eigenvalue weighted by molar-refractivity contribution is 0.0901. The minimum absolute atomic E-state index is 0. The Labute approximate surface area is 151 Å². The molecule has 0 atom stereocenters. The van der Waals surface area contributed by atoms with Crippen molar-refractivity contribution in [2.75, 3.05) is 32.7 Å². The number of hydrogen-bond acceptors (Lipinski definition) is 3. The molecule has 134 valence electrons. The van der Waals surface area contributed by atoms with E-state index in [4.69, 9.17) is 0 Å². The third-order valence-electron chi connectivity index (χ3n) is 5.29. The Morgan fingerprint density at radius 2 is 1.83 bits per heavy atom. The second kappa shape index (κ2) is 9.40. The van der Waals surface area contributed by atoms with Crippen molar-refractivity contribution < 1.29 is 4.79 Å². The van der Waals surface area contributed by atoms with Gasteiger partial charge in [-0.05, 0) is 63.2 Å². The second-order valence-electron chi connectivity index (χ2n) is 7.06. The molecule has 0 unspecified atom stereocenters. The summed E-state index contributed by atoms with van der Waals surface area (Å²) < 4.78 is 0. The number of rotatable bonds is 4. The molecule has 2 N–H and O–H groups in total. The Morgan fingerprint density at radius 3 is 2.50 bits per heavy atom. The number of aryl methyl sites for hydroxylation is 1. The third kappa shape index (κ3) is 5.20. The molecular formula is C19H30ClN3O. The van der Waals surface area contributed by atoms with Crippen LogP contribution in [0.2, 0.25) is 0 Å². The largest absolute Gasteiger partial charge is 0.349 e. The van der Waals surface area contributed by atoms with Gasteiger partial charge in [0.15, 0.2) is 0 Å². The fourth-order valence-electron chi connectivity index (χ4n) is 3.78. The molecule has 2 heterocycles. The van der Waals surface area contributed by atoms with Gasteiger partial charge in [-0.25, -0.2) is 0 Å². The van der Waals surface area contributed by atoms with Gasteiger partial charge in [-0.15, -0.1) is 12.4 Å². The maximum Gasteiger partial charge on any atom is 0.251 e. The zero-order chi connectivity index (χ0) is 16.1. The molecule has 4 nitrogen and oxygen atoms in total. The Hall–Kier alpha value is -1.10. The summed E-state index contributed by atoms with van der Waals surface area (Å²) in [4.78, 5) is 15.0. The summed E-state index contributed by atoms with van der Waals surface area (Å²) in [6.45, 7) is 7.81. The van der Waals surface area contributed by atoms with E-state index in [1.807, 2.05) is 31.2 Å². The highest BCUT2D eigenvalue weighted by atomic mass is 35.5. The molecule has 24 heavy (non-hydrogen) atoms. The highest BCUT2D eigenvalue weighted by Gasteiger charge is 2.24. The van der Waals surface area contributed by atoms with Crippen LogP contribution in [0.3, 0.4) is 0 Å². The Balaban J connectivity index is 0.00000208. The van der Waals surface area contributed by atoms with E-state index in [2.05, 4.69) is 15.5 Å². The molecule has 1 aromatic rings. The Kier molecular flexibility index (Phi) is 7.53. The van der Waals surface area contributed by atoms with E-state index in [1.165, 1.54) is 32.5 Å². The summed E-state index contributed by atoms with van der Waals surface area (Å²) in [7, 11) is 0. The van der Waals surface area contributed by atoms with Gasteiger partial charge in [-0.3, -0.25) is 4.79 Å². The number of halogens is 1. The molecule has 0 aromatic heterocycles. The van der Waals surface area contributed by atoms with Crippen LogP contribution in [0.25, 0.3) is 0 Å². The standard InChI is InChI=1S/C19H29N3O.ClH/c1-15-4-2-3-5-18(15)19(23)21-17-8-12-22(13-9-17)14-16-6-10-20-11-7-16;/h2-5,16-17,20H,6-14H2,1H3,(H,21,23);1H. The van der Waals surface area contributed by atoms with Gasteiger partial charge in [0.05, 0.1) is 0 Å². The monoisotopic (exact) mass is 351 g/mol. The van der Waals surface area contributed by atoms with E-state index >= 15 is 0 Å². The van der Waals surface area contributed by atoms with Crippen LogP contribution in [0.15, 0.2) is 24.3 Å². The van der Waals surface area contributed by atoms with Crippen molar-refractivity contribution in [1.82, 2.24) is 15.5 Å². The predicted octanol–water partition coefficient (Wildman–Crippen LogP) is 2.61. The number of piperidine rings is 2. The van der Waals surface area contributed by atoms with Crippen molar-refractivity contribution in [3.05, 3.63) is 35.4 Å². The zero-order valence-corrected chi connectivity index (χ0v) is 15.4. The topological polar surface area (TPSA) is 44.4 Å². The molecule has 2 saturated heterocycles. The number of amides is 1. The minimum Gasteiger partial charge on any atom is -0.349 e. The third-order valence-corrected chi connectivity index (χ3v) is 5.29. The number of carbonyl (C=O) groups is 1. The lowest BCUT2D eigenvalue weighted by atomic mass is 9.95. The second-order valence-corrected chi connectivity index (χ2v) is 7.06. The maximum atomic E-state index is 12.4. The first-order chi connectivity index (χ1) is 11.2. The van der Waals surface area contributed by atoms with Crippen LogP contribution in [0, 0.1) is 12.8 Å². The van der Waals surface area contributed by atoms with Crippen molar-refractivity contribution >= 4 is 18.3 Å². The Morgan fingerprint density at radius 1 is 1.17 bits per heavy atom. The predicted molar refractivity (Wildman–Crippen MR) is 101 cm³/mol. The van der Waals surface area contributed by atoms with E-state index in [9.17, 15) is 4.79 Å². The van der Waals surface area contributed by atoms with Gasteiger partial charge in [0.1, 0.15) is 0 Å². The molecule has 3 rings (SSSR count). The molecule has 0 bridgehead atoms. The molecule has 1 aromatic carbocycles. The lowest BCUT2D eigenvalue weighted by Gasteiger charge is -2.35. The Bertz CT molecular complexity index is 523. The molecule has 0 spiro atoms. The van der Waals surface area contributed by atoms with Gasteiger partial charge in [0.2, 0.25) is 0 Å². The SMILES string of the molecule is Cc1ccccc1C(=O)NC1CCN(CC2CCNCC2)CC1.Cl. The maximum absolute atomic E-state index is 12.4. The van der Waals surface area contributed by atoms with E-state index in [1.54, 1.807) is 0 Å². The quantitative estimate of drug-likeness (QED) is 0.876. The van der Waals surface area contributed by atoms with E-state index in [-0.39, 0.29) is 18.3 Å². The van der Waals surface area contributed by atoms with Crippen molar-refractivity contribution in [2.24, 2.45) is 5.92 Å². The van der Waals surface area contributed by atoms with Crippen molar-refractivity contribution in [1.29, 1.82) is 0 Å². The normalized spacial score (nSPS) is 20.4. The summed E-state index contributed by atoms with van der Waals surface area (Å²) in [6, 6.07) is 8.15. The van der Waals surface area contributed by atoms with Crippen LogP contribution in [-0.4, -0.2) is 49.6 Å². The van der Waals surface area contributed by atoms with Crippen LogP contribution in [0.1, 0.15) is 41.6 Å². The highest BCUT2D eigenvalue weighted by Crippen LogP contribution is 2.18. The van der Waals surface area contributed by atoms with Gasteiger partial charge in [-0.1, -0.05) is 18.2 Å². The van der Waals surface area contributed by atoms with Gasteiger partial charge in [-0.2, -0.15) is 0 Å². The number of likely N-dealkylation sites (tertiary alicyclic amines) is 1. The molecule has 2 fully saturated rings. The van der Waals surface area contributed by atoms with Crippen LogP contribution < -0.4 is 10.6 Å². The summed E-state index contributed by atoms with van der Waals surface area (Å²) in [5.74, 6) is 0.939. The molecule has 2 aliphatic rings. The first-order valence-electron chi connectivity index (χ1n) is 9.02. The minimum atomic E-state index is 0. The molecule has 0 radical (unpaired) electrons. The van der Waals surface area contributed by atoms with Crippen molar-refractivity contribution in [2.45, 2.75) is 38.6 Å². The number of nitrogens with zero attached hydrogens (tertiary/aromatic N) is 1. The summed E-state index contributed by atoms with van der Waals surface area (Å²) in [6.07, 6.45) is 4.76. The first kappa shape index (κ1) is 19.2. The average Bonchev–Trinajstić information content (AvgIpc) is 2.58. The summed E-state index contributed by atoms with van der Waals surface area (Å²) in [5, 5.41) is 6.66. The van der Waals surface area contributed by atoms with Gasteiger partial charge in [0, 0.05) is 31.2 Å². The highest BCUT2D eigenvalue weighted by molar-refractivity contribution is 5.95. The van der Waals surface area contributed by atoms with Crippen LogP contribution >= 0.6 is 12.4 Å². The smallest absolute Gasteiger partial charge is 0.251 e. The van der Waals surface area contributed by atoms with Gasteiger partial charge < -0.3 is 15.5 Å². The molecular weight excluding hydrogens is 322 g/mol. The van der Waals surface area contributed by atoms with E-state index in [0.29, 0.717) is 6.04 Å². The molecule has 0 saturated carbocycles. The van der Waals surface area contributed by atoms with Gasteiger partial charge >= 0.3 is 0 Å². The number of nitrogens with one attached hydrogen (secondary N) is 2. The lowest BCUT2D eigenvalue weighted by Crippen LogP contribution is -2.46. The summed E-state index contributed by atoms with van der Waals surface area (Å²) in [5.41, 5.74) is 1.86. The molecule has 5 heteroatoms. The van der Waals surface area contributed by atoms with Crippen molar-refractivity contribution in [3.63, 3.8) is 0 Å². The average molecular weight is 352 g/mol. The number of benzene rings is 1. The van der Waals surface area contributed by atoms with Crippen LogP contribution in [-0.2, 0) is 0 Å². The zero-order valence-electron chi connectivity index (χ0n) is 14.6. The number of carbonyl (C=O) groups excluding carboxylic acids is 1.